The van der Waals surface area contributed by atoms with Crippen LogP contribution in [0, 0.1) is 5.41 Å². The first kappa shape index (κ1) is 11.0. The van der Waals surface area contributed by atoms with Crippen LogP contribution < -0.4 is 5.46 Å². The van der Waals surface area contributed by atoms with E-state index in [0.29, 0.717) is 5.46 Å². The molecule has 0 aliphatic carbocycles. The second-order valence-corrected chi connectivity index (χ2v) is 2.09. The van der Waals surface area contributed by atoms with Gasteiger partial charge in [-0.2, -0.15) is 0 Å². The third-order valence-electron chi connectivity index (χ3n) is 1.10. The fraction of sp³-hybridized carbons (Fsp3) is 0. The Morgan fingerprint density at radius 3 is 1.92 bits per heavy atom. The van der Waals surface area contributed by atoms with E-state index < -0.39 is 7.12 Å². The van der Waals surface area contributed by atoms with Crippen LogP contribution in [0.3, 0.4) is 0 Å². The Bertz CT molecular complexity index is 247. The lowest BCUT2D eigenvalue weighted by Crippen LogP contribution is -2.29. The van der Waals surface area contributed by atoms with Gasteiger partial charge in [0.1, 0.15) is 0 Å². The molecule has 5 heteroatoms. The van der Waals surface area contributed by atoms with Crippen molar-refractivity contribution in [3.05, 3.63) is 30.3 Å². The van der Waals surface area contributed by atoms with Gasteiger partial charge in [0.2, 0.25) is 0 Å². The maximum atomic E-state index is 8.58. The van der Waals surface area contributed by atoms with Crippen molar-refractivity contribution in [1.82, 2.24) is 0 Å². The zero-order valence-corrected chi connectivity index (χ0v) is 7.08. The molecule has 0 atom stereocenters. The maximum Gasteiger partial charge on any atom is 0.488 e. The molecule has 0 heterocycles. The van der Waals surface area contributed by atoms with E-state index in [2.05, 4.69) is 12.2 Å². The molecule has 0 unspecified atom stereocenters. The minimum Gasteiger partial charge on any atom is -0.423 e. The van der Waals surface area contributed by atoms with E-state index in [4.69, 9.17) is 15.5 Å². The lowest BCUT2D eigenvalue weighted by Gasteiger charge is -1.94. The van der Waals surface area contributed by atoms with Crippen molar-refractivity contribution in [2.24, 2.45) is 0 Å². The van der Waals surface area contributed by atoms with E-state index in [1.807, 2.05) is 6.07 Å². The molecule has 62 valence electrons. The maximum absolute atomic E-state index is 8.58. The Morgan fingerprint density at radius 2 is 1.67 bits per heavy atom. The highest BCUT2D eigenvalue weighted by molar-refractivity contribution is 7.78. The Kier molecular flexibility index (Phi) is 6.14. The van der Waals surface area contributed by atoms with Crippen LogP contribution in [0.15, 0.2) is 30.3 Å². The predicted molar refractivity (Wildman–Crippen MR) is 51.6 cm³/mol. The summed E-state index contributed by atoms with van der Waals surface area (Å²) in [7, 11) is -1.34. The van der Waals surface area contributed by atoms with Gasteiger partial charge >= 0.3 is 7.12 Å². The molecular formula is C7H8BNO2S. The lowest BCUT2D eigenvalue weighted by molar-refractivity contribution is 0.426. The first-order valence-corrected chi connectivity index (χ1v) is 3.58. The van der Waals surface area contributed by atoms with Gasteiger partial charge in [0.15, 0.2) is 0 Å². The fourth-order valence-electron chi connectivity index (χ4n) is 0.625. The van der Waals surface area contributed by atoms with Crippen LogP contribution >= 0.6 is 12.2 Å². The summed E-state index contributed by atoms with van der Waals surface area (Å²) >= 11 is 3.81. The number of rotatable bonds is 1. The summed E-state index contributed by atoms with van der Waals surface area (Å²) in [5.74, 6) is 0. The first-order chi connectivity index (χ1) is 5.72. The van der Waals surface area contributed by atoms with Crippen molar-refractivity contribution in [2.75, 3.05) is 0 Å². The molecule has 0 amide bonds. The SMILES string of the molecule is N=C=S.OB(O)c1ccccc1. The van der Waals surface area contributed by atoms with Crippen LogP contribution in [0.1, 0.15) is 0 Å². The van der Waals surface area contributed by atoms with Gasteiger partial charge in [0.25, 0.3) is 0 Å². The van der Waals surface area contributed by atoms with E-state index in [9.17, 15) is 0 Å². The van der Waals surface area contributed by atoms with Crippen molar-refractivity contribution >= 4 is 30.0 Å². The van der Waals surface area contributed by atoms with Crippen molar-refractivity contribution in [3.63, 3.8) is 0 Å². The number of thiocarbonyl (C=S) groups is 1. The normalized spacial score (nSPS) is 7.50. The number of benzene rings is 1. The van der Waals surface area contributed by atoms with Gasteiger partial charge in [-0.15, -0.1) is 0 Å². The molecule has 0 saturated carbocycles. The second-order valence-electron chi connectivity index (χ2n) is 1.89. The van der Waals surface area contributed by atoms with Crippen LogP contribution in [-0.4, -0.2) is 22.3 Å². The standard InChI is InChI=1S/C6H7BO2.CHNS/c8-7(9)6-4-2-1-3-5-6;2-1-3/h1-5,8-9H;2H. The quantitative estimate of drug-likeness (QED) is 0.325. The molecule has 0 radical (unpaired) electrons. The molecule has 0 aromatic heterocycles. The summed E-state index contributed by atoms with van der Waals surface area (Å²) < 4.78 is 0. The highest BCUT2D eigenvalue weighted by atomic mass is 32.1. The molecule has 0 fully saturated rings. The Hall–Kier alpha value is -0.995. The topological polar surface area (TPSA) is 64.3 Å². The summed E-state index contributed by atoms with van der Waals surface area (Å²) in [5, 5.41) is 24.5. The van der Waals surface area contributed by atoms with Crippen LogP contribution in [0.4, 0.5) is 0 Å². The van der Waals surface area contributed by atoms with E-state index >= 15 is 0 Å². The van der Waals surface area contributed by atoms with Gasteiger partial charge in [0.05, 0.1) is 5.16 Å². The minimum absolute atomic E-state index is 0.525. The van der Waals surface area contributed by atoms with E-state index in [0.717, 1.165) is 0 Å². The van der Waals surface area contributed by atoms with E-state index in [-0.39, 0.29) is 0 Å². The van der Waals surface area contributed by atoms with Gasteiger partial charge in [-0.3, -0.25) is 0 Å². The predicted octanol–water partition coefficient (Wildman–Crippen LogP) is 0.0344. The van der Waals surface area contributed by atoms with Crippen LogP contribution in [0.5, 0.6) is 0 Å². The molecule has 12 heavy (non-hydrogen) atoms. The van der Waals surface area contributed by atoms with Crippen LogP contribution in [0.25, 0.3) is 0 Å². The average molecular weight is 181 g/mol. The Labute approximate surface area is 76.3 Å². The molecule has 1 aromatic carbocycles. The zero-order chi connectivity index (χ0) is 9.40. The second kappa shape index (κ2) is 6.70. The number of nitrogens with one attached hydrogen (secondary N) is 1. The van der Waals surface area contributed by atoms with Gasteiger partial charge < -0.3 is 10.0 Å². The summed E-state index contributed by atoms with van der Waals surface area (Å²) in [6.45, 7) is 0. The monoisotopic (exact) mass is 181 g/mol. The fourth-order valence-corrected chi connectivity index (χ4v) is 0.625. The third kappa shape index (κ3) is 4.76. The summed E-state index contributed by atoms with van der Waals surface area (Å²) in [4.78, 5) is 0. The van der Waals surface area contributed by atoms with Gasteiger partial charge in [-0.05, 0) is 17.7 Å². The molecule has 1 aromatic rings. The highest BCUT2D eigenvalue weighted by Gasteiger charge is 2.07. The molecule has 0 aliphatic rings. The van der Waals surface area contributed by atoms with Gasteiger partial charge in [-0.1, -0.05) is 30.3 Å². The molecule has 3 N–H and O–H groups in total. The molecule has 0 saturated heterocycles. The number of hydrogen-bond acceptors (Lipinski definition) is 4. The van der Waals surface area contributed by atoms with E-state index in [1.165, 1.54) is 0 Å². The van der Waals surface area contributed by atoms with Crippen molar-refractivity contribution in [2.45, 2.75) is 0 Å². The number of isothiocyanates is 1. The largest absolute Gasteiger partial charge is 0.488 e. The average Bonchev–Trinajstić information content (AvgIpc) is 2.07. The van der Waals surface area contributed by atoms with Gasteiger partial charge in [0, 0.05) is 0 Å². The molecule has 1 rings (SSSR count). The van der Waals surface area contributed by atoms with Crippen molar-refractivity contribution in [1.29, 1.82) is 5.41 Å². The highest BCUT2D eigenvalue weighted by Crippen LogP contribution is 1.82. The Morgan fingerprint density at radius 1 is 1.25 bits per heavy atom. The smallest absolute Gasteiger partial charge is 0.423 e. The summed E-state index contributed by atoms with van der Waals surface area (Å²) in [5.41, 5.74) is 0.525. The molecule has 0 aliphatic heterocycles. The van der Waals surface area contributed by atoms with Crippen LogP contribution in [0.2, 0.25) is 0 Å². The van der Waals surface area contributed by atoms with E-state index in [1.54, 1.807) is 29.4 Å². The first-order valence-electron chi connectivity index (χ1n) is 3.17. The van der Waals surface area contributed by atoms with Crippen molar-refractivity contribution < 1.29 is 10.0 Å². The van der Waals surface area contributed by atoms with Gasteiger partial charge in [-0.25, -0.2) is 5.41 Å². The Balaban J connectivity index is 0.000000354. The molecule has 0 spiro atoms. The number of hydrogen-bond donors (Lipinski definition) is 3. The van der Waals surface area contributed by atoms with Crippen molar-refractivity contribution in [3.8, 4) is 0 Å². The zero-order valence-electron chi connectivity index (χ0n) is 6.27. The summed E-state index contributed by atoms with van der Waals surface area (Å²) in [6, 6.07) is 8.66. The molecular weight excluding hydrogens is 173 g/mol. The lowest BCUT2D eigenvalue weighted by atomic mass is 9.81. The molecule has 0 bridgehead atoms. The van der Waals surface area contributed by atoms with Crippen LogP contribution in [-0.2, 0) is 0 Å². The summed E-state index contributed by atoms with van der Waals surface area (Å²) in [6.07, 6.45) is 0. The minimum atomic E-state index is -1.34. The molecule has 3 nitrogen and oxygen atoms in total. The third-order valence-corrected chi connectivity index (χ3v) is 1.10.